The van der Waals surface area contributed by atoms with Gasteiger partial charge in [-0.05, 0) is 25.8 Å². The van der Waals surface area contributed by atoms with Crippen molar-refractivity contribution in [3.63, 3.8) is 0 Å². The summed E-state index contributed by atoms with van der Waals surface area (Å²) < 4.78 is 4.87. The first-order valence-corrected chi connectivity index (χ1v) is 7.70. The number of hydrogen-bond acceptors (Lipinski definition) is 2. The monoisotopic (exact) mass is 266 g/mol. The number of unbranched alkanes of at least 4 members (excludes halogenated alkanes) is 9. The molecule has 0 amide bonds. The van der Waals surface area contributed by atoms with Gasteiger partial charge in [0.05, 0.1) is 6.26 Å². The van der Waals surface area contributed by atoms with Gasteiger partial charge in [-0.15, -0.1) is 0 Å². The van der Waals surface area contributed by atoms with E-state index in [9.17, 15) is 4.79 Å². The zero-order valence-corrected chi connectivity index (χ0v) is 12.7. The van der Waals surface area contributed by atoms with Gasteiger partial charge in [0.2, 0.25) is 0 Å². The second-order valence-electron chi connectivity index (χ2n) is 5.17. The smallest absolute Gasteiger partial charge is 0.337 e. The van der Waals surface area contributed by atoms with Crippen molar-refractivity contribution in [1.82, 2.24) is 0 Å². The maximum Gasteiger partial charge on any atom is 0.337 e. The van der Waals surface area contributed by atoms with Crippen LogP contribution in [0.4, 0.5) is 0 Å². The lowest BCUT2D eigenvalue weighted by atomic mass is 10.1. The summed E-state index contributed by atoms with van der Waals surface area (Å²) in [5.74, 6) is -0.344. The zero-order chi connectivity index (χ0) is 14.3. The number of hydrogen-bond donors (Lipinski definition) is 0. The van der Waals surface area contributed by atoms with Crippen molar-refractivity contribution in [2.75, 3.05) is 0 Å². The predicted molar refractivity (Wildman–Crippen MR) is 81.9 cm³/mol. The average Bonchev–Trinajstić information content (AvgIpc) is 2.39. The van der Waals surface area contributed by atoms with Crippen molar-refractivity contribution in [1.29, 1.82) is 0 Å². The van der Waals surface area contributed by atoms with E-state index >= 15 is 0 Å². The van der Waals surface area contributed by atoms with Gasteiger partial charge >= 0.3 is 5.97 Å². The van der Waals surface area contributed by atoms with Crippen LogP contribution in [-0.4, -0.2) is 5.97 Å². The molecule has 0 spiro atoms. The SMILES string of the molecule is C=C(C)C(=O)O/C=C/CCCCCCCCCCC. The third-order valence-corrected chi connectivity index (χ3v) is 3.09. The molecular formula is C17H30O2. The Kier molecular flexibility index (Phi) is 12.6. The Morgan fingerprint density at radius 3 is 2.05 bits per heavy atom. The molecular weight excluding hydrogens is 236 g/mol. The molecule has 0 aliphatic rings. The highest BCUT2D eigenvalue weighted by atomic mass is 16.5. The molecule has 0 atom stereocenters. The maximum absolute atomic E-state index is 11.1. The standard InChI is InChI=1S/C17H30O2/c1-4-5-6-7-8-9-10-11-12-13-14-15-19-17(18)16(2)3/h14-15H,2,4-13H2,1,3H3/b15-14+. The van der Waals surface area contributed by atoms with Gasteiger partial charge in [-0.25, -0.2) is 4.79 Å². The van der Waals surface area contributed by atoms with Crippen LogP contribution < -0.4 is 0 Å². The molecule has 0 aromatic carbocycles. The highest BCUT2D eigenvalue weighted by Gasteiger charge is 1.98. The highest BCUT2D eigenvalue weighted by Crippen LogP contribution is 2.10. The molecule has 0 unspecified atom stereocenters. The molecule has 0 aliphatic carbocycles. The molecule has 0 heterocycles. The van der Waals surface area contributed by atoms with E-state index in [2.05, 4.69) is 13.5 Å². The van der Waals surface area contributed by atoms with Gasteiger partial charge in [0.1, 0.15) is 0 Å². The number of ether oxygens (including phenoxy) is 1. The molecule has 0 rings (SSSR count). The third-order valence-electron chi connectivity index (χ3n) is 3.09. The summed E-state index contributed by atoms with van der Waals surface area (Å²) >= 11 is 0. The Balaban J connectivity index is 3.20. The lowest BCUT2D eigenvalue weighted by molar-refractivity contribution is -0.133. The summed E-state index contributed by atoms with van der Waals surface area (Å²) in [6.07, 6.45) is 16.4. The van der Waals surface area contributed by atoms with Gasteiger partial charge in [0.25, 0.3) is 0 Å². The first-order valence-electron chi connectivity index (χ1n) is 7.70. The first kappa shape index (κ1) is 17.9. The van der Waals surface area contributed by atoms with E-state index in [1.807, 2.05) is 6.08 Å². The van der Waals surface area contributed by atoms with Crippen molar-refractivity contribution in [3.8, 4) is 0 Å². The second-order valence-corrected chi connectivity index (χ2v) is 5.17. The summed E-state index contributed by atoms with van der Waals surface area (Å²) in [6.45, 7) is 7.42. The first-order chi connectivity index (χ1) is 9.18. The van der Waals surface area contributed by atoms with Gasteiger partial charge in [0, 0.05) is 5.57 Å². The number of rotatable bonds is 12. The van der Waals surface area contributed by atoms with Crippen molar-refractivity contribution < 1.29 is 9.53 Å². The Morgan fingerprint density at radius 1 is 1.00 bits per heavy atom. The predicted octanol–water partition coefficient (Wildman–Crippen LogP) is 5.54. The summed E-state index contributed by atoms with van der Waals surface area (Å²) in [5.41, 5.74) is 0.438. The van der Waals surface area contributed by atoms with Crippen LogP contribution in [0, 0.1) is 0 Å². The normalized spacial score (nSPS) is 10.8. The molecule has 0 bridgehead atoms. The van der Waals surface area contributed by atoms with E-state index in [4.69, 9.17) is 4.74 Å². The van der Waals surface area contributed by atoms with E-state index in [0.717, 1.165) is 6.42 Å². The van der Waals surface area contributed by atoms with E-state index in [1.54, 1.807) is 6.92 Å². The van der Waals surface area contributed by atoms with Gasteiger partial charge in [-0.2, -0.15) is 0 Å². The molecule has 0 radical (unpaired) electrons. The summed E-state index contributed by atoms with van der Waals surface area (Å²) in [6, 6.07) is 0. The van der Waals surface area contributed by atoms with E-state index in [-0.39, 0.29) is 5.97 Å². The largest absolute Gasteiger partial charge is 0.431 e. The Labute approximate surface area is 118 Å². The fourth-order valence-electron chi connectivity index (χ4n) is 1.85. The molecule has 0 aromatic heterocycles. The molecule has 19 heavy (non-hydrogen) atoms. The Morgan fingerprint density at radius 2 is 1.53 bits per heavy atom. The van der Waals surface area contributed by atoms with Crippen LogP contribution in [0.5, 0.6) is 0 Å². The molecule has 2 heteroatoms. The van der Waals surface area contributed by atoms with E-state index in [0.29, 0.717) is 5.57 Å². The molecule has 0 fully saturated rings. The zero-order valence-electron chi connectivity index (χ0n) is 12.7. The lowest BCUT2D eigenvalue weighted by Gasteiger charge is -2.00. The molecule has 0 saturated heterocycles. The minimum atomic E-state index is -0.344. The molecule has 0 saturated carbocycles. The minimum Gasteiger partial charge on any atom is -0.431 e. The number of carbonyl (C=O) groups is 1. The summed E-state index contributed by atoms with van der Waals surface area (Å²) in [7, 11) is 0. The molecule has 0 N–H and O–H groups in total. The van der Waals surface area contributed by atoms with Crippen LogP contribution in [0.3, 0.4) is 0 Å². The van der Waals surface area contributed by atoms with Crippen molar-refractivity contribution in [2.45, 2.75) is 78.1 Å². The van der Waals surface area contributed by atoms with Gasteiger partial charge in [-0.1, -0.05) is 64.9 Å². The van der Waals surface area contributed by atoms with Gasteiger partial charge in [-0.3, -0.25) is 0 Å². The molecule has 110 valence electrons. The Bertz CT molecular complexity index is 266. The average molecular weight is 266 g/mol. The molecule has 0 aromatic rings. The van der Waals surface area contributed by atoms with E-state index in [1.165, 1.54) is 64.0 Å². The maximum atomic E-state index is 11.1. The number of allylic oxidation sites excluding steroid dienone is 1. The quantitative estimate of drug-likeness (QED) is 0.201. The fraction of sp³-hybridized carbons (Fsp3) is 0.706. The van der Waals surface area contributed by atoms with Crippen LogP contribution in [0.25, 0.3) is 0 Å². The second kappa shape index (κ2) is 13.4. The molecule has 2 nitrogen and oxygen atoms in total. The van der Waals surface area contributed by atoms with Crippen molar-refractivity contribution >= 4 is 5.97 Å². The van der Waals surface area contributed by atoms with Crippen LogP contribution in [-0.2, 0) is 9.53 Å². The van der Waals surface area contributed by atoms with Crippen LogP contribution in [0.15, 0.2) is 24.5 Å². The highest BCUT2D eigenvalue weighted by molar-refractivity contribution is 5.87. The summed E-state index contributed by atoms with van der Waals surface area (Å²) in [4.78, 5) is 11.1. The number of carbonyl (C=O) groups excluding carboxylic acids is 1. The molecule has 0 aliphatic heterocycles. The van der Waals surface area contributed by atoms with Crippen molar-refractivity contribution in [3.05, 3.63) is 24.5 Å². The van der Waals surface area contributed by atoms with Crippen LogP contribution in [0.1, 0.15) is 78.1 Å². The van der Waals surface area contributed by atoms with Crippen LogP contribution in [0.2, 0.25) is 0 Å². The summed E-state index contributed by atoms with van der Waals surface area (Å²) in [5, 5.41) is 0. The Hall–Kier alpha value is -1.05. The van der Waals surface area contributed by atoms with Crippen molar-refractivity contribution in [2.24, 2.45) is 0 Å². The third kappa shape index (κ3) is 13.2. The van der Waals surface area contributed by atoms with Gasteiger partial charge < -0.3 is 4.74 Å². The lowest BCUT2D eigenvalue weighted by Crippen LogP contribution is -1.98. The van der Waals surface area contributed by atoms with E-state index < -0.39 is 0 Å². The minimum absolute atomic E-state index is 0.344. The number of esters is 1. The fourth-order valence-corrected chi connectivity index (χ4v) is 1.85. The van der Waals surface area contributed by atoms with Gasteiger partial charge in [0.15, 0.2) is 0 Å². The van der Waals surface area contributed by atoms with Crippen LogP contribution >= 0.6 is 0 Å². The topological polar surface area (TPSA) is 26.3 Å².